The number of aryl methyl sites for hydroxylation is 2. The van der Waals surface area contributed by atoms with Crippen molar-refractivity contribution in [3.05, 3.63) is 35.5 Å². The molecule has 7 nitrogen and oxygen atoms in total. The minimum Gasteiger partial charge on any atom is -0.466 e. The van der Waals surface area contributed by atoms with Gasteiger partial charge in [0, 0.05) is 36.8 Å². The van der Waals surface area contributed by atoms with E-state index in [9.17, 15) is 14.9 Å². The van der Waals surface area contributed by atoms with Gasteiger partial charge in [0.2, 0.25) is 5.91 Å². The molecule has 0 spiro atoms. The number of amides is 1. The summed E-state index contributed by atoms with van der Waals surface area (Å²) in [4.78, 5) is 29.7. The lowest BCUT2D eigenvalue weighted by molar-refractivity contribution is -0.143. The van der Waals surface area contributed by atoms with E-state index in [-0.39, 0.29) is 12.0 Å². The number of unbranched alkanes of at least 4 members (excludes halogenated alkanes) is 1. The van der Waals surface area contributed by atoms with E-state index in [0.717, 1.165) is 83.1 Å². The van der Waals surface area contributed by atoms with Gasteiger partial charge in [0.1, 0.15) is 0 Å². The Morgan fingerprint density at radius 1 is 1.11 bits per heavy atom. The first-order chi connectivity index (χ1) is 17.5. The number of fused-ring (bicyclic) bond motifs is 1. The number of ether oxygens (including phenoxy) is 1. The summed E-state index contributed by atoms with van der Waals surface area (Å²) in [6.45, 7) is 7.98. The van der Waals surface area contributed by atoms with Gasteiger partial charge in [0.15, 0.2) is 0 Å². The highest BCUT2D eigenvalue weighted by molar-refractivity contribution is 5.83. The smallest absolute Gasteiger partial charge is 0.305 e. The number of hydrogen-bond acceptors (Lipinski definition) is 5. The van der Waals surface area contributed by atoms with Crippen LogP contribution in [0.15, 0.2) is 24.3 Å². The molecule has 3 heterocycles. The summed E-state index contributed by atoms with van der Waals surface area (Å²) in [6.07, 6.45) is 8.24. The van der Waals surface area contributed by atoms with Gasteiger partial charge < -0.3 is 14.2 Å². The van der Waals surface area contributed by atoms with Gasteiger partial charge in [-0.25, -0.2) is 0 Å². The Labute approximate surface area is 215 Å². The van der Waals surface area contributed by atoms with Crippen LogP contribution in [0.5, 0.6) is 0 Å². The molecule has 2 aliphatic heterocycles. The zero-order valence-electron chi connectivity index (χ0n) is 21.9. The third-order valence-electron chi connectivity index (χ3n) is 7.86. The van der Waals surface area contributed by atoms with Crippen LogP contribution in [0.3, 0.4) is 0 Å². The molecule has 0 saturated carbocycles. The van der Waals surface area contributed by atoms with Gasteiger partial charge in [0.25, 0.3) is 0 Å². The number of nitrogens with zero attached hydrogens (tertiary/aromatic N) is 4. The summed E-state index contributed by atoms with van der Waals surface area (Å²) in [6, 6.07) is 10.7. The van der Waals surface area contributed by atoms with Crippen molar-refractivity contribution in [2.45, 2.75) is 90.3 Å². The number of carbonyl (C=O) groups is 2. The van der Waals surface area contributed by atoms with Gasteiger partial charge in [0.05, 0.1) is 24.3 Å². The number of likely N-dealkylation sites (tertiary alicyclic amines) is 2. The van der Waals surface area contributed by atoms with E-state index in [1.165, 1.54) is 11.1 Å². The average Bonchev–Trinajstić information content (AvgIpc) is 3.62. The fraction of sp³-hybridized carbons (Fsp3) is 0.621. The van der Waals surface area contributed by atoms with Crippen LogP contribution < -0.4 is 0 Å². The standard InChI is InChI=1S/C29H40N4O3/c1-3-32-25(20-23-13-12-22(21-30)19-27(23)32)15-14-24-9-7-18-33(24)29(35)26-10-8-17-31(26)16-6-5-11-28(34)36-4-2/h12-13,19-20,24,26H,3-11,14-18H2,1-2H3/t24-,26+/m0/s1. The lowest BCUT2D eigenvalue weighted by atomic mass is 10.1. The highest BCUT2D eigenvalue weighted by Crippen LogP contribution is 2.29. The van der Waals surface area contributed by atoms with Crippen molar-refractivity contribution in [1.29, 1.82) is 5.26 Å². The second-order valence-electron chi connectivity index (χ2n) is 10.1. The molecule has 194 valence electrons. The molecule has 2 atom stereocenters. The van der Waals surface area contributed by atoms with Crippen LogP contribution in [0.2, 0.25) is 0 Å². The van der Waals surface area contributed by atoms with Crippen molar-refractivity contribution in [2.24, 2.45) is 0 Å². The number of benzene rings is 1. The molecular formula is C29H40N4O3. The van der Waals surface area contributed by atoms with E-state index in [2.05, 4.69) is 33.4 Å². The van der Waals surface area contributed by atoms with Crippen LogP contribution in [0.1, 0.15) is 76.5 Å². The predicted molar refractivity (Wildman–Crippen MR) is 140 cm³/mol. The molecule has 7 heteroatoms. The maximum atomic E-state index is 13.6. The van der Waals surface area contributed by atoms with Crippen LogP contribution in [0.25, 0.3) is 10.9 Å². The fourth-order valence-corrected chi connectivity index (χ4v) is 6.08. The maximum Gasteiger partial charge on any atom is 0.305 e. The number of nitriles is 1. The third-order valence-corrected chi connectivity index (χ3v) is 7.86. The van der Waals surface area contributed by atoms with Crippen LogP contribution in [-0.4, -0.2) is 64.6 Å². The molecule has 2 aromatic rings. The van der Waals surface area contributed by atoms with Gasteiger partial charge in [-0.3, -0.25) is 14.5 Å². The molecule has 2 aliphatic rings. The topological polar surface area (TPSA) is 78.6 Å². The molecule has 36 heavy (non-hydrogen) atoms. The van der Waals surface area contributed by atoms with Crippen molar-refractivity contribution in [3.8, 4) is 6.07 Å². The third kappa shape index (κ3) is 5.92. The van der Waals surface area contributed by atoms with Gasteiger partial charge in [-0.1, -0.05) is 6.07 Å². The van der Waals surface area contributed by atoms with E-state index in [0.29, 0.717) is 30.5 Å². The molecule has 0 radical (unpaired) electrons. The van der Waals surface area contributed by atoms with Crippen molar-refractivity contribution in [1.82, 2.24) is 14.4 Å². The van der Waals surface area contributed by atoms with Crippen LogP contribution >= 0.6 is 0 Å². The number of carbonyl (C=O) groups excluding carboxylic acids is 2. The van der Waals surface area contributed by atoms with Crippen molar-refractivity contribution < 1.29 is 14.3 Å². The first-order valence-corrected chi connectivity index (χ1v) is 13.8. The van der Waals surface area contributed by atoms with Gasteiger partial charge in [-0.2, -0.15) is 5.26 Å². The summed E-state index contributed by atoms with van der Waals surface area (Å²) in [7, 11) is 0. The van der Waals surface area contributed by atoms with Crippen LogP contribution in [-0.2, 0) is 27.3 Å². The summed E-state index contributed by atoms with van der Waals surface area (Å²) in [5.41, 5.74) is 3.10. The van der Waals surface area contributed by atoms with Crippen LogP contribution in [0, 0.1) is 11.3 Å². The van der Waals surface area contributed by atoms with E-state index < -0.39 is 0 Å². The van der Waals surface area contributed by atoms with E-state index in [1.807, 2.05) is 25.1 Å². The number of rotatable bonds is 11. The minimum absolute atomic E-state index is 0.0142. The normalized spacial score (nSPS) is 20.2. The zero-order valence-corrected chi connectivity index (χ0v) is 21.9. The van der Waals surface area contributed by atoms with Crippen LogP contribution in [0.4, 0.5) is 0 Å². The Morgan fingerprint density at radius 3 is 2.72 bits per heavy atom. The maximum absolute atomic E-state index is 13.6. The van der Waals surface area contributed by atoms with E-state index >= 15 is 0 Å². The van der Waals surface area contributed by atoms with Crippen molar-refractivity contribution in [2.75, 3.05) is 26.2 Å². The lowest BCUT2D eigenvalue weighted by Crippen LogP contribution is -2.47. The Kier molecular flexibility index (Phi) is 9.03. The monoisotopic (exact) mass is 492 g/mol. The molecule has 0 unspecified atom stereocenters. The highest BCUT2D eigenvalue weighted by atomic mass is 16.5. The molecule has 0 bridgehead atoms. The highest BCUT2D eigenvalue weighted by Gasteiger charge is 2.37. The van der Waals surface area contributed by atoms with E-state index in [1.54, 1.807) is 0 Å². The van der Waals surface area contributed by atoms with Crippen molar-refractivity contribution >= 4 is 22.8 Å². The molecular weight excluding hydrogens is 452 g/mol. The van der Waals surface area contributed by atoms with Crippen molar-refractivity contribution in [3.63, 3.8) is 0 Å². The molecule has 2 saturated heterocycles. The Hall–Kier alpha value is -2.85. The Bertz CT molecular complexity index is 1100. The Morgan fingerprint density at radius 2 is 1.94 bits per heavy atom. The summed E-state index contributed by atoms with van der Waals surface area (Å²) < 4.78 is 7.33. The largest absolute Gasteiger partial charge is 0.466 e. The summed E-state index contributed by atoms with van der Waals surface area (Å²) >= 11 is 0. The first kappa shape index (κ1) is 26.2. The SMILES string of the molecule is CCOC(=O)CCCCN1CCC[C@@H]1C(=O)N1CCC[C@H]1CCc1cc2ccc(C#N)cc2n1CC. The van der Waals surface area contributed by atoms with Gasteiger partial charge >= 0.3 is 5.97 Å². The minimum atomic E-state index is -0.126. The van der Waals surface area contributed by atoms with Gasteiger partial charge in [-0.15, -0.1) is 0 Å². The fourth-order valence-electron chi connectivity index (χ4n) is 6.08. The van der Waals surface area contributed by atoms with Gasteiger partial charge in [-0.05, 0) is 102 Å². The van der Waals surface area contributed by atoms with E-state index in [4.69, 9.17) is 4.74 Å². The quantitative estimate of drug-likeness (QED) is 0.337. The second kappa shape index (κ2) is 12.4. The lowest BCUT2D eigenvalue weighted by Gasteiger charge is -2.31. The Balaban J connectivity index is 1.34. The average molecular weight is 493 g/mol. The number of hydrogen-bond donors (Lipinski definition) is 0. The first-order valence-electron chi connectivity index (χ1n) is 13.8. The number of aromatic nitrogens is 1. The second-order valence-corrected chi connectivity index (χ2v) is 10.1. The molecule has 1 aromatic heterocycles. The molecule has 1 aromatic carbocycles. The zero-order chi connectivity index (χ0) is 25.5. The molecule has 0 aliphatic carbocycles. The number of esters is 1. The molecule has 0 N–H and O–H groups in total. The molecule has 2 fully saturated rings. The molecule has 4 rings (SSSR count). The summed E-state index contributed by atoms with van der Waals surface area (Å²) in [5.74, 6) is 0.175. The molecule has 1 amide bonds. The predicted octanol–water partition coefficient (Wildman–Crippen LogP) is 4.65. The summed E-state index contributed by atoms with van der Waals surface area (Å²) in [5, 5.41) is 10.5.